The maximum absolute atomic E-state index is 13.3. The van der Waals surface area contributed by atoms with E-state index in [0.29, 0.717) is 52.0 Å². The van der Waals surface area contributed by atoms with E-state index in [1.54, 1.807) is 24.4 Å². The summed E-state index contributed by atoms with van der Waals surface area (Å²) in [6, 6.07) is 14.8. The Balaban J connectivity index is 1.70. The Morgan fingerprint density at radius 1 is 1.05 bits per heavy atom. The second kappa shape index (κ2) is 12.1. The van der Waals surface area contributed by atoms with Crippen molar-refractivity contribution in [1.29, 1.82) is 0 Å². The van der Waals surface area contributed by atoms with E-state index < -0.39 is 0 Å². The summed E-state index contributed by atoms with van der Waals surface area (Å²) >= 11 is 17.1. The molecule has 0 atom stereocenters. The number of aromatic nitrogens is 2. The smallest absolute Gasteiger partial charge is 0.282 e. The van der Waals surface area contributed by atoms with Crippen LogP contribution in [0.25, 0.3) is 10.9 Å². The van der Waals surface area contributed by atoms with E-state index in [1.807, 2.05) is 51.1 Å². The molecule has 0 unspecified atom stereocenters. The number of halogens is 4. The predicted molar refractivity (Wildman–Crippen MR) is 160 cm³/mol. The molecule has 192 valence electrons. The largest absolute Gasteiger partial charge is 0.490 e. The highest BCUT2D eigenvalue weighted by Crippen LogP contribution is 2.37. The minimum absolute atomic E-state index is 0.0193. The van der Waals surface area contributed by atoms with Crippen LogP contribution in [0.15, 0.2) is 71.8 Å². The number of ether oxygens (including phenoxy) is 2. The zero-order chi connectivity index (χ0) is 26.7. The highest BCUT2D eigenvalue weighted by atomic mass is 79.9. The monoisotopic (exact) mass is 709 g/mol. The first-order valence-electron chi connectivity index (χ1n) is 11.5. The molecule has 0 spiro atoms. The molecular formula is C27H23Br3ClN3O3. The Morgan fingerprint density at radius 2 is 1.78 bits per heavy atom. The molecule has 6 nitrogen and oxygen atoms in total. The molecule has 10 heteroatoms. The van der Waals surface area contributed by atoms with Crippen LogP contribution in [0, 0.1) is 0 Å². The lowest BCUT2D eigenvalue weighted by molar-refractivity contribution is 0.269. The van der Waals surface area contributed by atoms with Crippen molar-refractivity contribution in [3.8, 4) is 11.5 Å². The molecule has 0 radical (unpaired) electrons. The van der Waals surface area contributed by atoms with Crippen LogP contribution in [-0.2, 0) is 6.61 Å². The molecule has 0 amide bonds. The van der Waals surface area contributed by atoms with Crippen molar-refractivity contribution in [3.63, 3.8) is 0 Å². The van der Waals surface area contributed by atoms with Gasteiger partial charge < -0.3 is 9.47 Å². The Morgan fingerprint density at radius 3 is 2.49 bits per heavy atom. The maximum atomic E-state index is 13.3. The highest BCUT2D eigenvalue weighted by Gasteiger charge is 2.16. The van der Waals surface area contributed by atoms with Gasteiger partial charge in [0.1, 0.15) is 12.4 Å². The van der Waals surface area contributed by atoms with Crippen molar-refractivity contribution < 1.29 is 9.47 Å². The molecule has 1 aromatic heterocycles. The van der Waals surface area contributed by atoms with Gasteiger partial charge in [0.2, 0.25) is 0 Å². The van der Waals surface area contributed by atoms with Crippen LogP contribution in [-0.4, -0.2) is 22.5 Å². The van der Waals surface area contributed by atoms with Gasteiger partial charge in [0.25, 0.3) is 5.56 Å². The Bertz CT molecular complexity index is 1550. The first kappa shape index (κ1) is 27.8. The Labute approximate surface area is 245 Å². The molecule has 3 aromatic carbocycles. The molecule has 0 N–H and O–H groups in total. The topological polar surface area (TPSA) is 65.7 Å². The van der Waals surface area contributed by atoms with Crippen LogP contribution in [0.3, 0.4) is 0 Å². The fourth-order valence-corrected chi connectivity index (χ4v) is 5.43. The normalized spacial score (nSPS) is 11.6. The molecule has 1 heterocycles. The third-order valence-corrected chi connectivity index (χ3v) is 7.40. The molecule has 0 aliphatic carbocycles. The zero-order valence-corrected chi connectivity index (χ0v) is 25.8. The van der Waals surface area contributed by atoms with E-state index in [0.717, 1.165) is 19.0 Å². The molecule has 37 heavy (non-hydrogen) atoms. The van der Waals surface area contributed by atoms with Gasteiger partial charge in [-0.05, 0) is 55.0 Å². The van der Waals surface area contributed by atoms with E-state index in [2.05, 4.69) is 57.9 Å². The number of benzene rings is 3. The highest BCUT2D eigenvalue weighted by molar-refractivity contribution is 9.11. The molecule has 4 rings (SSSR count). The van der Waals surface area contributed by atoms with Crippen molar-refractivity contribution in [1.82, 2.24) is 9.66 Å². The second-order valence-electron chi connectivity index (χ2n) is 8.44. The summed E-state index contributed by atoms with van der Waals surface area (Å²) in [7, 11) is 0. The van der Waals surface area contributed by atoms with Crippen molar-refractivity contribution >= 4 is 76.5 Å². The molecule has 0 bridgehead atoms. The van der Waals surface area contributed by atoms with E-state index in [-0.39, 0.29) is 11.5 Å². The first-order chi connectivity index (χ1) is 17.7. The molecule has 0 aliphatic rings. The van der Waals surface area contributed by atoms with Crippen molar-refractivity contribution in [2.75, 3.05) is 6.61 Å². The average molecular weight is 713 g/mol. The van der Waals surface area contributed by atoms with E-state index >= 15 is 0 Å². The molecule has 0 aliphatic heterocycles. The fraction of sp³-hybridized carbons (Fsp3) is 0.222. The van der Waals surface area contributed by atoms with Crippen molar-refractivity contribution in [2.24, 2.45) is 5.10 Å². The van der Waals surface area contributed by atoms with E-state index in [9.17, 15) is 4.79 Å². The molecule has 0 saturated carbocycles. The first-order valence-corrected chi connectivity index (χ1v) is 14.2. The van der Waals surface area contributed by atoms with Crippen LogP contribution in [0.1, 0.15) is 43.6 Å². The summed E-state index contributed by atoms with van der Waals surface area (Å²) < 4.78 is 15.9. The van der Waals surface area contributed by atoms with Gasteiger partial charge in [-0.3, -0.25) is 4.79 Å². The van der Waals surface area contributed by atoms with Gasteiger partial charge in [0.05, 0.1) is 28.7 Å². The summed E-state index contributed by atoms with van der Waals surface area (Å²) in [5.74, 6) is 1.47. The average Bonchev–Trinajstić information content (AvgIpc) is 2.84. The molecule has 0 saturated heterocycles. The van der Waals surface area contributed by atoms with Crippen LogP contribution in [0.5, 0.6) is 11.5 Å². The number of fused-ring (bicyclic) bond motifs is 1. The second-order valence-corrected chi connectivity index (χ2v) is 11.5. The lowest BCUT2D eigenvalue weighted by Crippen LogP contribution is -2.23. The van der Waals surface area contributed by atoms with E-state index in [1.165, 1.54) is 4.68 Å². The third kappa shape index (κ3) is 6.45. The quantitative estimate of drug-likeness (QED) is 0.173. The van der Waals surface area contributed by atoms with Gasteiger partial charge in [-0.1, -0.05) is 79.3 Å². The standard InChI is InChI=1S/C27H23Br3ClN3O3/c1-4-36-24-10-16(9-22(31)25(24)37-14-17-5-6-19(29)12-21(17)30)13-32-34-26(15(2)3)33-23-8-7-18(28)11-20(23)27(34)35/h5-13,15H,4,14H2,1-3H3. The SMILES string of the molecule is CCOc1cc(C=Nn2c(C(C)C)nc3ccc(Br)cc3c2=O)cc(Cl)c1OCc1ccc(Br)cc1Br. The molecule has 4 aromatic rings. The Hall–Kier alpha value is -2.20. The Kier molecular flexibility index (Phi) is 9.11. The summed E-state index contributed by atoms with van der Waals surface area (Å²) in [6.07, 6.45) is 1.57. The van der Waals surface area contributed by atoms with Gasteiger partial charge in [0.15, 0.2) is 11.5 Å². The van der Waals surface area contributed by atoms with Crippen LogP contribution in [0.4, 0.5) is 0 Å². The van der Waals surface area contributed by atoms with Gasteiger partial charge in [-0.15, -0.1) is 0 Å². The summed E-state index contributed by atoms with van der Waals surface area (Å²) in [5.41, 5.74) is 2.00. The lowest BCUT2D eigenvalue weighted by atomic mass is 10.2. The van der Waals surface area contributed by atoms with Crippen molar-refractivity contribution in [2.45, 2.75) is 33.3 Å². The molecular weight excluding hydrogens is 689 g/mol. The van der Waals surface area contributed by atoms with Gasteiger partial charge >= 0.3 is 0 Å². The minimum Gasteiger partial charge on any atom is -0.490 e. The zero-order valence-electron chi connectivity index (χ0n) is 20.3. The summed E-state index contributed by atoms with van der Waals surface area (Å²) in [6.45, 7) is 6.55. The van der Waals surface area contributed by atoms with Gasteiger partial charge in [-0.2, -0.15) is 9.78 Å². The van der Waals surface area contributed by atoms with Gasteiger partial charge in [-0.25, -0.2) is 4.98 Å². The van der Waals surface area contributed by atoms with Gasteiger partial charge in [0, 0.05) is 24.9 Å². The van der Waals surface area contributed by atoms with Crippen LogP contribution in [0.2, 0.25) is 5.02 Å². The summed E-state index contributed by atoms with van der Waals surface area (Å²) in [5, 5.41) is 5.35. The number of hydrogen-bond acceptors (Lipinski definition) is 5. The predicted octanol–water partition coefficient (Wildman–Crippen LogP) is 8.32. The van der Waals surface area contributed by atoms with Crippen LogP contribution >= 0.6 is 59.4 Å². The van der Waals surface area contributed by atoms with Crippen molar-refractivity contribution in [3.05, 3.63) is 94.3 Å². The lowest BCUT2D eigenvalue weighted by Gasteiger charge is -2.15. The number of nitrogens with zero attached hydrogens (tertiary/aromatic N) is 3. The number of rotatable bonds is 8. The molecule has 0 fully saturated rings. The fourth-order valence-electron chi connectivity index (χ4n) is 3.63. The summed E-state index contributed by atoms with van der Waals surface area (Å²) in [4.78, 5) is 18.0. The maximum Gasteiger partial charge on any atom is 0.282 e. The van der Waals surface area contributed by atoms with E-state index in [4.69, 9.17) is 21.1 Å². The third-order valence-electron chi connectivity index (χ3n) is 5.39. The number of hydrogen-bond donors (Lipinski definition) is 0. The van der Waals surface area contributed by atoms with Crippen LogP contribution < -0.4 is 15.0 Å². The minimum atomic E-state index is -0.248.